The number of likely N-dealkylation sites (N-methyl/N-ethyl adjacent to an activating group) is 1. The van der Waals surface area contributed by atoms with Crippen LogP contribution in [0.25, 0.3) is 0 Å². The lowest BCUT2D eigenvalue weighted by molar-refractivity contribution is -0.870. The van der Waals surface area contributed by atoms with Gasteiger partial charge in [-0.2, -0.15) is 0 Å². The summed E-state index contributed by atoms with van der Waals surface area (Å²) in [4.78, 5) is 25.9. The number of benzene rings is 3. The first kappa shape index (κ1) is 45.4. The molecule has 0 saturated heterocycles. The minimum atomic E-state index is -4.70. The molecule has 0 spiro atoms. The lowest BCUT2D eigenvalue weighted by atomic mass is 9.80. The van der Waals surface area contributed by atoms with Gasteiger partial charge in [0.05, 0.1) is 34.4 Å². The molecule has 9 nitrogen and oxygen atoms in total. The quantitative estimate of drug-likeness (QED) is 0.0325. The Morgan fingerprint density at radius 2 is 1.09 bits per heavy atom. The van der Waals surface area contributed by atoms with Gasteiger partial charge < -0.3 is 33.2 Å². The van der Waals surface area contributed by atoms with Crippen molar-refractivity contribution in [3.05, 3.63) is 108 Å². The fraction of sp³-hybridized carbons (Fsp3) is 0.568. The van der Waals surface area contributed by atoms with E-state index in [-0.39, 0.29) is 13.2 Å². The zero-order valence-electron chi connectivity index (χ0n) is 33.4. The van der Waals surface area contributed by atoms with E-state index in [0.717, 1.165) is 36.0 Å². The molecule has 1 unspecified atom stereocenters. The molecule has 0 aliphatic carbocycles. The first-order valence-corrected chi connectivity index (χ1v) is 21.7. The molecule has 0 aliphatic heterocycles. The van der Waals surface area contributed by atoms with Crippen LogP contribution in [0.15, 0.2) is 91.0 Å². The van der Waals surface area contributed by atoms with Gasteiger partial charge >= 0.3 is 6.09 Å². The van der Waals surface area contributed by atoms with E-state index >= 15 is 0 Å². The van der Waals surface area contributed by atoms with Gasteiger partial charge in [-0.3, -0.25) is 4.57 Å². The van der Waals surface area contributed by atoms with Crippen LogP contribution < -0.4 is 10.2 Å². The predicted octanol–water partition coefficient (Wildman–Crippen LogP) is 9.78. The SMILES string of the molecule is CCCCCCCCCCCCCCCCNC(=O)O[C@H](COC(c1ccccc1)(c1ccccc1)c1ccccc1)COP(=O)([O-])OCC[N+](C)(C)C. The van der Waals surface area contributed by atoms with Crippen molar-refractivity contribution in [1.82, 2.24) is 5.32 Å². The van der Waals surface area contributed by atoms with E-state index in [1.54, 1.807) is 0 Å². The number of nitrogens with one attached hydrogen (secondary N) is 1. The van der Waals surface area contributed by atoms with Crippen LogP contribution in [0.1, 0.15) is 114 Å². The smallest absolute Gasteiger partial charge is 0.407 e. The van der Waals surface area contributed by atoms with Crippen LogP contribution in [0.2, 0.25) is 0 Å². The maximum absolute atomic E-state index is 13.1. The number of unbranched alkanes of at least 4 members (excludes halogenated alkanes) is 13. The number of amides is 1. The Balaban J connectivity index is 1.60. The summed E-state index contributed by atoms with van der Waals surface area (Å²) in [5.74, 6) is 0. The number of rotatable bonds is 29. The number of phosphoric acid groups is 1. The zero-order chi connectivity index (χ0) is 39.0. The third kappa shape index (κ3) is 17.6. The third-order valence-electron chi connectivity index (χ3n) is 9.53. The monoisotopic (exact) mass is 766 g/mol. The summed E-state index contributed by atoms with van der Waals surface area (Å²) in [5, 5.41) is 2.84. The van der Waals surface area contributed by atoms with Gasteiger partial charge in [0.25, 0.3) is 7.82 Å². The predicted molar refractivity (Wildman–Crippen MR) is 216 cm³/mol. The molecule has 54 heavy (non-hydrogen) atoms. The Kier molecular flexibility index (Phi) is 21.1. The Labute approximate surface area is 326 Å². The van der Waals surface area contributed by atoms with E-state index in [2.05, 4.69) is 12.2 Å². The lowest BCUT2D eigenvalue weighted by Crippen LogP contribution is -2.40. The number of carbonyl (C=O) groups is 1. The van der Waals surface area contributed by atoms with Crippen LogP contribution in [0.5, 0.6) is 0 Å². The summed E-state index contributed by atoms with van der Waals surface area (Å²) in [6.45, 7) is 2.52. The summed E-state index contributed by atoms with van der Waals surface area (Å²) >= 11 is 0. The molecule has 3 aromatic rings. The van der Waals surface area contributed by atoms with Crippen LogP contribution >= 0.6 is 7.82 Å². The first-order valence-electron chi connectivity index (χ1n) is 20.2. The Hall–Kier alpha value is -3.04. The molecule has 0 heterocycles. The van der Waals surface area contributed by atoms with Gasteiger partial charge in [0, 0.05) is 6.54 Å². The number of hydrogen-bond acceptors (Lipinski definition) is 7. The van der Waals surface area contributed by atoms with Crippen molar-refractivity contribution < 1.29 is 37.3 Å². The number of quaternary nitrogens is 1. The second-order valence-electron chi connectivity index (χ2n) is 15.2. The highest BCUT2D eigenvalue weighted by Crippen LogP contribution is 2.41. The maximum Gasteiger partial charge on any atom is 0.407 e. The Morgan fingerprint density at radius 1 is 0.667 bits per heavy atom. The van der Waals surface area contributed by atoms with Crippen molar-refractivity contribution >= 4 is 13.9 Å². The van der Waals surface area contributed by atoms with E-state index < -0.39 is 32.2 Å². The second-order valence-corrected chi connectivity index (χ2v) is 16.6. The topological polar surface area (TPSA) is 106 Å². The molecule has 0 bridgehead atoms. The average molecular weight is 767 g/mol. The third-order valence-corrected chi connectivity index (χ3v) is 10.5. The molecule has 0 aliphatic rings. The van der Waals surface area contributed by atoms with Gasteiger partial charge in [0.2, 0.25) is 0 Å². The standard InChI is InChI=1S/C44H67N2O7P/c1-5-6-7-8-9-10-11-12-13-14-15-16-17-27-34-45-43(47)53-42(38-52-54(48,49)51-36-35-46(2,3)4)37-50-44(39-28-21-18-22-29-39,40-30-23-19-24-31-40)41-32-25-20-26-33-41/h18-26,28-33,42H,5-17,27,34-38H2,1-4H3,(H-,45,47,48,49)/t42-/m1/s1. The number of ether oxygens (including phenoxy) is 2. The van der Waals surface area contributed by atoms with Crippen LogP contribution in [-0.2, 0) is 28.7 Å². The molecule has 3 rings (SSSR count). The van der Waals surface area contributed by atoms with Crippen molar-refractivity contribution in [2.24, 2.45) is 0 Å². The summed E-state index contributed by atoms with van der Waals surface area (Å²) in [6.07, 6.45) is 15.8. The number of hydrogen-bond donors (Lipinski definition) is 1. The summed E-state index contributed by atoms with van der Waals surface area (Å²) in [6, 6.07) is 29.4. The highest BCUT2D eigenvalue weighted by Gasteiger charge is 2.38. The van der Waals surface area contributed by atoms with Gasteiger partial charge in [-0.1, -0.05) is 181 Å². The molecule has 0 aromatic heterocycles. The van der Waals surface area contributed by atoms with E-state index in [4.69, 9.17) is 18.5 Å². The number of phosphoric ester groups is 1. The Bertz CT molecular complexity index is 1360. The van der Waals surface area contributed by atoms with Gasteiger partial charge in [-0.05, 0) is 23.1 Å². The minimum absolute atomic E-state index is 0.0366. The first-order chi connectivity index (χ1) is 26.1. The van der Waals surface area contributed by atoms with Gasteiger partial charge in [0.1, 0.15) is 18.8 Å². The normalized spacial score (nSPS) is 13.6. The fourth-order valence-electron chi connectivity index (χ4n) is 6.44. The van der Waals surface area contributed by atoms with E-state index in [1.807, 2.05) is 112 Å². The highest BCUT2D eigenvalue weighted by molar-refractivity contribution is 7.45. The van der Waals surface area contributed by atoms with E-state index in [9.17, 15) is 14.3 Å². The van der Waals surface area contributed by atoms with Crippen molar-refractivity contribution in [3.63, 3.8) is 0 Å². The molecule has 10 heteroatoms. The van der Waals surface area contributed by atoms with Crippen LogP contribution in [0, 0.1) is 0 Å². The minimum Gasteiger partial charge on any atom is -0.756 e. The molecule has 0 fully saturated rings. The molecule has 300 valence electrons. The number of carbonyl (C=O) groups excluding carboxylic acids is 1. The van der Waals surface area contributed by atoms with Crippen molar-refractivity contribution in [2.75, 3.05) is 54.1 Å². The number of nitrogens with zero attached hydrogens (tertiary/aromatic N) is 1. The summed E-state index contributed by atoms with van der Waals surface area (Å²) < 4.78 is 36.4. The van der Waals surface area contributed by atoms with Crippen LogP contribution in [0.4, 0.5) is 4.79 Å². The lowest BCUT2D eigenvalue weighted by Gasteiger charge is -2.37. The summed E-state index contributed by atoms with van der Waals surface area (Å²) in [5.41, 5.74) is 1.49. The molecule has 1 N–H and O–H groups in total. The van der Waals surface area contributed by atoms with Crippen molar-refractivity contribution in [2.45, 2.75) is 109 Å². The Morgan fingerprint density at radius 3 is 1.52 bits per heavy atom. The molecule has 0 saturated carbocycles. The second kappa shape index (κ2) is 25.2. The van der Waals surface area contributed by atoms with Crippen LogP contribution in [-0.4, -0.2) is 70.7 Å². The molecule has 0 radical (unpaired) electrons. The van der Waals surface area contributed by atoms with Crippen molar-refractivity contribution in [3.8, 4) is 0 Å². The molecular formula is C44H67N2O7P. The van der Waals surface area contributed by atoms with Gasteiger partial charge in [-0.25, -0.2) is 4.79 Å². The molecule has 1 amide bonds. The summed E-state index contributed by atoms with van der Waals surface area (Å²) in [7, 11) is 1.13. The largest absolute Gasteiger partial charge is 0.756 e. The van der Waals surface area contributed by atoms with Crippen LogP contribution in [0.3, 0.4) is 0 Å². The highest BCUT2D eigenvalue weighted by atomic mass is 31.2. The maximum atomic E-state index is 13.1. The molecule has 2 atom stereocenters. The van der Waals surface area contributed by atoms with Gasteiger partial charge in [0.15, 0.2) is 6.10 Å². The van der Waals surface area contributed by atoms with Gasteiger partial charge in [-0.15, -0.1) is 0 Å². The molecular weight excluding hydrogens is 699 g/mol. The number of alkyl carbamates (subject to hydrolysis) is 1. The van der Waals surface area contributed by atoms with E-state index in [0.29, 0.717) is 17.6 Å². The van der Waals surface area contributed by atoms with E-state index in [1.165, 1.54) is 70.6 Å². The molecule has 3 aromatic carbocycles. The fourth-order valence-corrected chi connectivity index (χ4v) is 7.17. The zero-order valence-corrected chi connectivity index (χ0v) is 34.3. The van der Waals surface area contributed by atoms with Crippen molar-refractivity contribution in [1.29, 1.82) is 0 Å². The average Bonchev–Trinajstić information content (AvgIpc) is 3.16.